The minimum Gasteiger partial charge on any atom is -0.479 e. The van der Waals surface area contributed by atoms with Crippen LogP contribution in [0.4, 0.5) is 0 Å². The minimum atomic E-state index is -1.95. The normalized spacial score (nSPS) is 34.9. The topological polar surface area (TPSA) is 95.9 Å². The van der Waals surface area contributed by atoms with Gasteiger partial charge in [0.25, 0.3) is 0 Å². The van der Waals surface area contributed by atoms with Crippen LogP contribution in [-0.4, -0.2) is 46.4 Å². The van der Waals surface area contributed by atoms with Gasteiger partial charge in [0.2, 0.25) is 5.91 Å². The Morgan fingerprint density at radius 2 is 1.83 bits per heavy atom. The number of hydrogen-bond acceptors (Lipinski definition) is 4. The van der Waals surface area contributed by atoms with E-state index < -0.39 is 11.6 Å². The third-order valence-electron chi connectivity index (χ3n) is 3.61. The van der Waals surface area contributed by atoms with Crippen molar-refractivity contribution in [2.75, 3.05) is 6.54 Å². The van der Waals surface area contributed by atoms with Gasteiger partial charge in [-0.15, -0.1) is 0 Å². The third-order valence-corrected chi connectivity index (χ3v) is 3.61. The summed E-state index contributed by atoms with van der Waals surface area (Å²) in [4.78, 5) is 22.7. The SMILES string of the molecule is CC1OC(C)C(C(=O)NCC(C)(O)C(=O)O)C1C. The van der Waals surface area contributed by atoms with Gasteiger partial charge in [0.05, 0.1) is 24.7 Å². The van der Waals surface area contributed by atoms with E-state index in [2.05, 4.69) is 5.32 Å². The lowest BCUT2D eigenvalue weighted by molar-refractivity contribution is -0.156. The Balaban J connectivity index is 2.59. The number of carboxylic acid groups (broad SMARTS) is 1. The van der Waals surface area contributed by atoms with Crippen molar-refractivity contribution >= 4 is 11.9 Å². The zero-order chi connectivity index (χ0) is 14.1. The number of amides is 1. The zero-order valence-electron chi connectivity index (χ0n) is 11.1. The molecule has 3 N–H and O–H groups in total. The van der Waals surface area contributed by atoms with Crippen LogP contribution < -0.4 is 5.32 Å². The number of hydrogen-bond donors (Lipinski definition) is 3. The van der Waals surface area contributed by atoms with Gasteiger partial charge in [0, 0.05) is 0 Å². The summed E-state index contributed by atoms with van der Waals surface area (Å²) in [5.74, 6) is -1.89. The van der Waals surface area contributed by atoms with Gasteiger partial charge in [0.15, 0.2) is 5.60 Å². The van der Waals surface area contributed by atoms with Crippen molar-refractivity contribution in [3.63, 3.8) is 0 Å². The zero-order valence-corrected chi connectivity index (χ0v) is 11.1. The lowest BCUT2D eigenvalue weighted by Crippen LogP contribution is -2.49. The van der Waals surface area contributed by atoms with Crippen LogP contribution in [0.25, 0.3) is 0 Å². The summed E-state index contributed by atoms with van der Waals surface area (Å²) in [5.41, 5.74) is -1.95. The van der Waals surface area contributed by atoms with Gasteiger partial charge >= 0.3 is 5.97 Å². The molecule has 0 radical (unpaired) electrons. The average molecular weight is 259 g/mol. The second kappa shape index (κ2) is 5.24. The quantitative estimate of drug-likeness (QED) is 0.660. The van der Waals surface area contributed by atoms with E-state index in [4.69, 9.17) is 9.84 Å². The van der Waals surface area contributed by atoms with Gasteiger partial charge in [-0.3, -0.25) is 4.79 Å². The molecule has 5 unspecified atom stereocenters. The average Bonchev–Trinajstić information content (AvgIpc) is 2.50. The molecule has 1 amide bonds. The van der Waals surface area contributed by atoms with Gasteiger partial charge in [-0.1, -0.05) is 6.92 Å². The Kier molecular flexibility index (Phi) is 4.34. The van der Waals surface area contributed by atoms with Crippen LogP contribution in [0.2, 0.25) is 0 Å². The highest BCUT2D eigenvalue weighted by Crippen LogP contribution is 2.32. The van der Waals surface area contributed by atoms with Crippen LogP contribution in [0, 0.1) is 11.8 Å². The second-order valence-corrected chi connectivity index (χ2v) is 5.23. The number of carbonyl (C=O) groups excluding carboxylic acids is 1. The Hall–Kier alpha value is -1.14. The number of carboxylic acids is 1. The van der Waals surface area contributed by atoms with Crippen LogP contribution in [-0.2, 0) is 14.3 Å². The van der Waals surface area contributed by atoms with Crippen molar-refractivity contribution < 1.29 is 24.5 Å². The fraction of sp³-hybridized carbons (Fsp3) is 0.833. The van der Waals surface area contributed by atoms with E-state index >= 15 is 0 Å². The number of nitrogens with one attached hydrogen (secondary N) is 1. The minimum absolute atomic E-state index is 0.00395. The molecule has 6 nitrogen and oxygen atoms in total. The molecule has 5 atom stereocenters. The van der Waals surface area contributed by atoms with Crippen molar-refractivity contribution in [3.05, 3.63) is 0 Å². The molecule has 0 bridgehead atoms. The molecule has 1 aliphatic heterocycles. The summed E-state index contributed by atoms with van der Waals surface area (Å²) in [6.07, 6.45) is -0.208. The molecular weight excluding hydrogens is 238 g/mol. The third kappa shape index (κ3) is 3.00. The van der Waals surface area contributed by atoms with Crippen molar-refractivity contribution in [1.29, 1.82) is 0 Å². The van der Waals surface area contributed by atoms with Gasteiger partial charge < -0.3 is 20.3 Å². The van der Waals surface area contributed by atoms with Gasteiger partial charge in [-0.05, 0) is 26.7 Å². The highest BCUT2D eigenvalue weighted by atomic mass is 16.5. The molecule has 1 aliphatic rings. The number of ether oxygens (including phenoxy) is 1. The molecule has 6 heteroatoms. The molecule has 0 saturated carbocycles. The molecule has 0 aliphatic carbocycles. The molecule has 1 heterocycles. The Bertz CT molecular complexity index is 341. The molecule has 0 aromatic rings. The maximum Gasteiger partial charge on any atom is 0.337 e. The predicted octanol–water partition coefficient (Wildman–Crippen LogP) is -0.00230. The standard InChI is InChI=1S/C12H21NO5/c1-6-7(2)18-8(3)9(6)10(14)13-5-12(4,17)11(15)16/h6-9,17H,5H2,1-4H3,(H,13,14)(H,15,16). The Morgan fingerprint density at radius 1 is 1.28 bits per heavy atom. The number of rotatable bonds is 4. The van der Waals surface area contributed by atoms with Crippen LogP contribution in [0.3, 0.4) is 0 Å². The van der Waals surface area contributed by atoms with Crippen molar-refractivity contribution in [2.45, 2.75) is 45.5 Å². The lowest BCUT2D eigenvalue weighted by Gasteiger charge is -2.22. The van der Waals surface area contributed by atoms with Crippen molar-refractivity contribution in [3.8, 4) is 0 Å². The Morgan fingerprint density at radius 3 is 2.22 bits per heavy atom. The van der Waals surface area contributed by atoms with Crippen LogP contribution in [0.1, 0.15) is 27.7 Å². The lowest BCUT2D eigenvalue weighted by atomic mass is 9.88. The van der Waals surface area contributed by atoms with E-state index in [1.54, 1.807) is 0 Å². The summed E-state index contributed by atoms with van der Waals surface area (Å²) < 4.78 is 5.55. The highest BCUT2D eigenvalue weighted by Gasteiger charge is 2.42. The fourth-order valence-corrected chi connectivity index (χ4v) is 2.17. The summed E-state index contributed by atoms with van der Waals surface area (Å²) in [5, 5.41) is 20.7. The monoisotopic (exact) mass is 259 g/mol. The van der Waals surface area contributed by atoms with E-state index in [1.165, 1.54) is 0 Å². The molecular formula is C12H21NO5. The molecule has 0 spiro atoms. The van der Waals surface area contributed by atoms with E-state index in [9.17, 15) is 14.7 Å². The molecule has 104 valence electrons. The van der Waals surface area contributed by atoms with Crippen LogP contribution in [0.5, 0.6) is 0 Å². The van der Waals surface area contributed by atoms with E-state index in [0.29, 0.717) is 0 Å². The Labute approximate surface area is 106 Å². The number of aliphatic carboxylic acids is 1. The first-order valence-corrected chi connectivity index (χ1v) is 6.05. The first kappa shape index (κ1) is 14.9. The van der Waals surface area contributed by atoms with E-state index in [-0.39, 0.29) is 36.5 Å². The molecule has 18 heavy (non-hydrogen) atoms. The smallest absolute Gasteiger partial charge is 0.337 e. The first-order valence-electron chi connectivity index (χ1n) is 6.05. The maximum absolute atomic E-state index is 12.0. The highest BCUT2D eigenvalue weighted by molar-refractivity contribution is 5.82. The molecule has 0 aromatic heterocycles. The molecule has 1 saturated heterocycles. The van der Waals surface area contributed by atoms with Gasteiger partial charge in [-0.2, -0.15) is 0 Å². The predicted molar refractivity (Wildman–Crippen MR) is 63.9 cm³/mol. The van der Waals surface area contributed by atoms with E-state index in [0.717, 1.165) is 6.92 Å². The largest absolute Gasteiger partial charge is 0.479 e. The summed E-state index contributed by atoms with van der Waals surface area (Å²) in [7, 11) is 0. The van der Waals surface area contributed by atoms with Crippen LogP contribution >= 0.6 is 0 Å². The van der Waals surface area contributed by atoms with Gasteiger partial charge in [-0.25, -0.2) is 4.79 Å². The summed E-state index contributed by atoms with van der Waals surface area (Å²) >= 11 is 0. The summed E-state index contributed by atoms with van der Waals surface area (Å²) in [6.45, 7) is 6.48. The number of aliphatic hydroxyl groups is 1. The maximum atomic E-state index is 12.0. The summed E-state index contributed by atoms with van der Waals surface area (Å²) in [6, 6.07) is 0. The number of carbonyl (C=O) groups is 2. The molecule has 0 aromatic carbocycles. The molecule has 1 rings (SSSR count). The second-order valence-electron chi connectivity index (χ2n) is 5.23. The van der Waals surface area contributed by atoms with E-state index in [1.807, 2.05) is 20.8 Å². The van der Waals surface area contributed by atoms with Gasteiger partial charge in [0.1, 0.15) is 0 Å². The van der Waals surface area contributed by atoms with Crippen molar-refractivity contribution in [1.82, 2.24) is 5.32 Å². The van der Waals surface area contributed by atoms with Crippen molar-refractivity contribution in [2.24, 2.45) is 11.8 Å². The van der Waals surface area contributed by atoms with Crippen LogP contribution in [0.15, 0.2) is 0 Å². The first-order chi connectivity index (χ1) is 8.16. The fourth-order valence-electron chi connectivity index (χ4n) is 2.17. The molecule has 1 fully saturated rings.